The van der Waals surface area contributed by atoms with Crippen molar-refractivity contribution in [2.75, 3.05) is 4.90 Å². The number of aromatic nitrogens is 1. The van der Waals surface area contributed by atoms with Gasteiger partial charge in [0, 0.05) is 39.8 Å². The molecule has 1 aromatic heterocycles. The van der Waals surface area contributed by atoms with Crippen LogP contribution in [0.3, 0.4) is 0 Å². The van der Waals surface area contributed by atoms with E-state index in [0.717, 1.165) is 12.2 Å². The third-order valence-corrected chi connectivity index (χ3v) is 11.5. The van der Waals surface area contributed by atoms with Crippen molar-refractivity contribution in [3.05, 3.63) is 211 Å². The van der Waals surface area contributed by atoms with Gasteiger partial charge in [0.05, 0.1) is 11.0 Å². The molecule has 2 nitrogen and oxygen atoms in total. The smallest absolute Gasteiger partial charge is 0.0541 e. The number of benzene rings is 8. The number of fused-ring (bicyclic) bond motifs is 6. The van der Waals surface area contributed by atoms with Crippen molar-refractivity contribution in [1.29, 1.82) is 0 Å². The van der Waals surface area contributed by atoms with E-state index in [1.165, 1.54) is 83.3 Å². The molecule has 2 heteroatoms. The first-order chi connectivity index (χ1) is 26.5. The standard InChI is InChI=1S/C52H40N2/c1-52(2)48-19-11-9-17-44(48)45-31-30-43(34-49(45)52)53(41-15-7-4-8-16-41)35-36-21-23-39(24-22-36)40-27-32-51-47(33-40)46-18-10-12-20-50(46)54(51)42-28-25-38(26-29-42)37-13-5-3-6-14-37/h3-34H,35H2,1-2H3. The minimum absolute atomic E-state index is 0.0493. The van der Waals surface area contributed by atoms with Gasteiger partial charge in [-0.25, -0.2) is 0 Å². The molecule has 0 unspecified atom stereocenters. The van der Waals surface area contributed by atoms with Crippen LogP contribution in [0.25, 0.3) is 60.9 Å². The van der Waals surface area contributed by atoms with Crippen molar-refractivity contribution in [2.45, 2.75) is 25.8 Å². The van der Waals surface area contributed by atoms with E-state index < -0.39 is 0 Å². The van der Waals surface area contributed by atoms with Crippen molar-refractivity contribution in [3.8, 4) is 39.1 Å². The highest BCUT2D eigenvalue weighted by Gasteiger charge is 2.35. The summed E-state index contributed by atoms with van der Waals surface area (Å²) < 4.78 is 2.39. The summed E-state index contributed by atoms with van der Waals surface area (Å²) >= 11 is 0. The van der Waals surface area contributed by atoms with Crippen LogP contribution in [0.5, 0.6) is 0 Å². The van der Waals surface area contributed by atoms with Crippen LogP contribution in [0.1, 0.15) is 30.5 Å². The van der Waals surface area contributed by atoms with Gasteiger partial charge in [0.2, 0.25) is 0 Å². The van der Waals surface area contributed by atoms with Gasteiger partial charge in [-0.05, 0) is 105 Å². The molecule has 9 aromatic rings. The molecule has 0 N–H and O–H groups in total. The maximum absolute atomic E-state index is 2.45. The van der Waals surface area contributed by atoms with E-state index in [9.17, 15) is 0 Å². The Bertz CT molecular complexity index is 2790. The molecule has 8 aromatic carbocycles. The quantitative estimate of drug-likeness (QED) is 0.161. The number of anilines is 2. The summed E-state index contributed by atoms with van der Waals surface area (Å²) in [5.41, 5.74) is 17.6. The minimum Gasteiger partial charge on any atom is -0.337 e. The van der Waals surface area contributed by atoms with Crippen LogP contribution < -0.4 is 4.90 Å². The molecule has 0 aliphatic heterocycles. The Morgan fingerprint density at radius 2 is 1.02 bits per heavy atom. The van der Waals surface area contributed by atoms with Crippen LogP contribution >= 0.6 is 0 Å². The zero-order valence-corrected chi connectivity index (χ0v) is 30.6. The molecular weight excluding hydrogens is 653 g/mol. The van der Waals surface area contributed by atoms with Gasteiger partial charge in [-0.3, -0.25) is 0 Å². The molecule has 258 valence electrons. The van der Waals surface area contributed by atoms with Crippen LogP contribution in [-0.2, 0) is 12.0 Å². The third kappa shape index (κ3) is 5.33. The molecule has 0 saturated carbocycles. The molecule has 10 rings (SSSR count). The summed E-state index contributed by atoms with van der Waals surface area (Å²) in [7, 11) is 0. The Hall–Kier alpha value is -6.64. The van der Waals surface area contributed by atoms with Gasteiger partial charge < -0.3 is 9.47 Å². The second kappa shape index (κ2) is 12.8. The monoisotopic (exact) mass is 692 g/mol. The summed E-state index contributed by atoms with van der Waals surface area (Å²) in [6, 6.07) is 71.0. The predicted octanol–water partition coefficient (Wildman–Crippen LogP) is 13.8. The summed E-state index contributed by atoms with van der Waals surface area (Å²) in [5.74, 6) is 0. The van der Waals surface area contributed by atoms with E-state index >= 15 is 0 Å². The molecule has 0 saturated heterocycles. The van der Waals surface area contributed by atoms with Gasteiger partial charge in [-0.15, -0.1) is 0 Å². The molecule has 1 aliphatic carbocycles. The number of nitrogens with zero attached hydrogens (tertiary/aromatic N) is 2. The first-order valence-corrected chi connectivity index (χ1v) is 18.9. The van der Waals surface area contributed by atoms with Crippen molar-refractivity contribution >= 4 is 33.2 Å². The van der Waals surface area contributed by atoms with Crippen LogP contribution in [0, 0.1) is 0 Å². The highest BCUT2D eigenvalue weighted by molar-refractivity contribution is 6.10. The lowest BCUT2D eigenvalue weighted by Crippen LogP contribution is -2.19. The van der Waals surface area contributed by atoms with Gasteiger partial charge in [0.1, 0.15) is 0 Å². The largest absolute Gasteiger partial charge is 0.337 e. The molecule has 0 bridgehead atoms. The average molecular weight is 693 g/mol. The number of hydrogen-bond acceptors (Lipinski definition) is 1. The minimum atomic E-state index is -0.0493. The Labute approximate surface area is 317 Å². The van der Waals surface area contributed by atoms with Crippen LogP contribution in [-0.4, -0.2) is 4.57 Å². The van der Waals surface area contributed by atoms with Crippen LogP contribution in [0.4, 0.5) is 11.4 Å². The fourth-order valence-corrected chi connectivity index (χ4v) is 8.65. The Morgan fingerprint density at radius 3 is 1.81 bits per heavy atom. The number of para-hydroxylation sites is 2. The molecule has 0 spiro atoms. The van der Waals surface area contributed by atoms with Gasteiger partial charge >= 0.3 is 0 Å². The van der Waals surface area contributed by atoms with E-state index in [2.05, 4.69) is 217 Å². The van der Waals surface area contributed by atoms with Crippen molar-refractivity contribution < 1.29 is 0 Å². The predicted molar refractivity (Wildman–Crippen MR) is 228 cm³/mol. The maximum Gasteiger partial charge on any atom is 0.0541 e. The number of hydrogen-bond donors (Lipinski definition) is 0. The van der Waals surface area contributed by atoms with Gasteiger partial charge in [-0.2, -0.15) is 0 Å². The van der Waals surface area contributed by atoms with E-state index in [-0.39, 0.29) is 5.41 Å². The summed E-state index contributed by atoms with van der Waals surface area (Å²) in [5, 5.41) is 2.52. The molecule has 0 atom stereocenters. The first kappa shape index (κ1) is 32.0. The van der Waals surface area contributed by atoms with Crippen molar-refractivity contribution in [1.82, 2.24) is 4.57 Å². The van der Waals surface area contributed by atoms with Gasteiger partial charge in [0.15, 0.2) is 0 Å². The SMILES string of the molecule is CC1(C)c2ccccc2-c2ccc(N(Cc3ccc(-c4ccc5c(c4)c4ccccc4n5-c4ccc(-c5ccccc5)cc4)cc3)c3ccccc3)cc21. The summed E-state index contributed by atoms with van der Waals surface area (Å²) in [4.78, 5) is 2.45. The Balaban J connectivity index is 0.976. The summed E-state index contributed by atoms with van der Waals surface area (Å²) in [6.45, 7) is 5.48. The van der Waals surface area contributed by atoms with Crippen LogP contribution in [0.15, 0.2) is 194 Å². The molecular formula is C52H40N2. The molecule has 0 radical (unpaired) electrons. The van der Waals surface area contributed by atoms with E-state index in [4.69, 9.17) is 0 Å². The maximum atomic E-state index is 2.45. The lowest BCUT2D eigenvalue weighted by Gasteiger charge is -2.28. The average Bonchev–Trinajstić information content (AvgIpc) is 3.68. The van der Waals surface area contributed by atoms with Gasteiger partial charge in [-0.1, -0.05) is 153 Å². The lowest BCUT2D eigenvalue weighted by atomic mass is 9.82. The normalized spacial score (nSPS) is 12.9. The zero-order valence-electron chi connectivity index (χ0n) is 30.6. The molecule has 1 aliphatic rings. The molecule has 54 heavy (non-hydrogen) atoms. The van der Waals surface area contributed by atoms with Crippen molar-refractivity contribution in [2.24, 2.45) is 0 Å². The van der Waals surface area contributed by atoms with E-state index in [1.54, 1.807) is 0 Å². The molecule has 1 heterocycles. The van der Waals surface area contributed by atoms with E-state index in [1.807, 2.05) is 0 Å². The third-order valence-electron chi connectivity index (χ3n) is 11.5. The Kier molecular flexibility index (Phi) is 7.59. The van der Waals surface area contributed by atoms with Gasteiger partial charge in [0.25, 0.3) is 0 Å². The van der Waals surface area contributed by atoms with E-state index in [0.29, 0.717) is 0 Å². The second-order valence-electron chi connectivity index (χ2n) is 15.0. The first-order valence-electron chi connectivity index (χ1n) is 18.9. The highest BCUT2D eigenvalue weighted by atomic mass is 15.1. The van der Waals surface area contributed by atoms with Crippen molar-refractivity contribution in [3.63, 3.8) is 0 Å². The number of rotatable bonds is 7. The summed E-state index contributed by atoms with van der Waals surface area (Å²) in [6.07, 6.45) is 0. The lowest BCUT2D eigenvalue weighted by molar-refractivity contribution is 0.660. The topological polar surface area (TPSA) is 8.17 Å². The zero-order chi connectivity index (χ0) is 36.2. The Morgan fingerprint density at radius 1 is 0.426 bits per heavy atom. The fraction of sp³-hybridized carbons (Fsp3) is 0.0769. The molecule has 0 amide bonds. The fourth-order valence-electron chi connectivity index (χ4n) is 8.65. The molecule has 0 fully saturated rings. The second-order valence-corrected chi connectivity index (χ2v) is 15.0. The highest BCUT2D eigenvalue weighted by Crippen LogP contribution is 2.50. The van der Waals surface area contributed by atoms with Crippen LogP contribution in [0.2, 0.25) is 0 Å².